The van der Waals surface area contributed by atoms with Gasteiger partial charge in [-0.1, -0.05) is 12.1 Å². The molecular weight excluding hydrogens is 230 g/mol. The molecule has 1 atom stereocenters. The maximum absolute atomic E-state index is 11.6. The standard InChI is InChI=1S/C10H15NO4S/c11-9-3-1-8(2-4-9)6-16(14,15)7-10(13)5-12/h1-4,10,12-13H,5-7,11H2. The zero-order chi connectivity index (χ0) is 12.2. The molecule has 0 aliphatic heterocycles. The van der Waals surface area contributed by atoms with E-state index < -0.39 is 28.3 Å². The van der Waals surface area contributed by atoms with Crippen LogP contribution in [0.1, 0.15) is 5.56 Å². The molecule has 0 amide bonds. The summed E-state index contributed by atoms with van der Waals surface area (Å²) in [7, 11) is -3.41. The molecule has 0 heterocycles. The van der Waals surface area contributed by atoms with Gasteiger partial charge in [0.05, 0.1) is 24.2 Å². The van der Waals surface area contributed by atoms with Gasteiger partial charge in [-0.2, -0.15) is 0 Å². The van der Waals surface area contributed by atoms with Crippen LogP contribution in [0.25, 0.3) is 0 Å². The van der Waals surface area contributed by atoms with Gasteiger partial charge in [0.2, 0.25) is 0 Å². The topological polar surface area (TPSA) is 101 Å². The largest absolute Gasteiger partial charge is 0.399 e. The SMILES string of the molecule is Nc1ccc(CS(=O)(=O)CC(O)CO)cc1. The molecule has 0 aliphatic carbocycles. The smallest absolute Gasteiger partial charge is 0.157 e. The maximum atomic E-state index is 11.6. The summed E-state index contributed by atoms with van der Waals surface area (Å²) >= 11 is 0. The van der Waals surface area contributed by atoms with E-state index in [1.807, 2.05) is 0 Å². The van der Waals surface area contributed by atoms with Gasteiger partial charge in [-0.15, -0.1) is 0 Å². The van der Waals surface area contributed by atoms with Crippen molar-refractivity contribution in [3.63, 3.8) is 0 Å². The molecule has 0 saturated heterocycles. The fraction of sp³-hybridized carbons (Fsp3) is 0.400. The van der Waals surface area contributed by atoms with Gasteiger partial charge in [-0.05, 0) is 17.7 Å². The number of rotatable bonds is 5. The summed E-state index contributed by atoms with van der Waals surface area (Å²) in [6, 6.07) is 6.48. The molecule has 5 nitrogen and oxygen atoms in total. The molecule has 1 rings (SSSR count). The summed E-state index contributed by atoms with van der Waals surface area (Å²) in [5, 5.41) is 17.6. The van der Waals surface area contributed by atoms with Gasteiger partial charge >= 0.3 is 0 Å². The summed E-state index contributed by atoms with van der Waals surface area (Å²) in [5.41, 5.74) is 6.65. The van der Waals surface area contributed by atoms with Gasteiger partial charge in [-0.3, -0.25) is 0 Å². The van der Waals surface area contributed by atoms with Crippen LogP contribution < -0.4 is 5.73 Å². The van der Waals surface area contributed by atoms with Crippen molar-refractivity contribution in [2.75, 3.05) is 18.1 Å². The fourth-order valence-corrected chi connectivity index (χ4v) is 2.78. The second-order valence-electron chi connectivity index (χ2n) is 3.63. The summed E-state index contributed by atoms with van der Waals surface area (Å²) in [6.45, 7) is -0.555. The molecule has 0 bridgehead atoms. The van der Waals surface area contributed by atoms with E-state index in [4.69, 9.17) is 15.9 Å². The molecule has 0 radical (unpaired) electrons. The molecule has 6 heteroatoms. The lowest BCUT2D eigenvalue weighted by Gasteiger charge is -2.08. The van der Waals surface area contributed by atoms with Crippen LogP contribution in [0.4, 0.5) is 5.69 Å². The Labute approximate surface area is 94.4 Å². The van der Waals surface area contributed by atoms with Crippen LogP contribution in [0, 0.1) is 0 Å². The van der Waals surface area contributed by atoms with Crippen molar-refractivity contribution < 1.29 is 18.6 Å². The van der Waals surface area contributed by atoms with E-state index in [-0.39, 0.29) is 5.75 Å². The Morgan fingerprint density at radius 2 is 1.81 bits per heavy atom. The number of hydrogen-bond acceptors (Lipinski definition) is 5. The van der Waals surface area contributed by atoms with Crippen molar-refractivity contribution in [2.24, 2.45) is 0 Å². The summed E-state index contributed by atoms with van der Waals surface area (Å²) in [5.74, 6) is -0.599. The predicted octanol–water partition coefficient (Wildman–Crippen LogP) is -0.463. The Bertz CT molecular complexity index is 427. The molecule has 0 aliphatic rings. The number of nitrogen functional groups attached to an aromatic ring is 1. The first-order valence-corrected chi connectivity index (χ1v) is 6.59. The molecule has 0 spiro atoms. The number of hydrogen-bond donors (Lipinski definition) is 3. The van der Waals surface area contributed by atoms with E-state index in [2.05, 4.69) is 0 Å². The van der Waals surface area contributed by atoms with Crippen LogP contribution in [0.3, 0.4) is 0 Å². The Kier molecular flexibility index (Phi) is 4.28. The number of nitrogens with two attached hydrogens (primary N) is 1. The lowest BCUT2D eigenvalue weighted by Crippen LogP contribution is -2.25. The Morgan fingerprint density at radius 3 is 2.31 bits per heavy atom. The maximum Gasteiger partial charge on any atom is 0.157 e. The van der Waals surface area contributed by atoms with E-state index in [0.717, 1.165) is 0 Å². The number of sulfone groups is 1. The van der Waals surface area contributed by atoms with Crippen molar-refractivity contribution in [3.05, 3.63) is 29.8 Å². The highest BCUT2D eigenvalue weighted by molar-refractivity contribution is 7.90. The zero-order valence-electron chi connectivity index (χ0n) is 8.70. The van der Waals surface area contributed by atoms with Crippen LogP contribution in [-0.2, 0) is 15.6 Å². The highest BCUT2D eigenvalue weighted by Gasteiger charge is 2.17. The molecular formula is C10H15NO4S. The quantitative estimate of drug-likeness (QED) is 0.609. The molecule has 90 valence electrons. The second-order valence-corrected chi connectivity index (χ2v) is 5.74. The summed E-state index contributed by atoms with van der Waals surface area (Å²) in [6.07, 6.45) is -1.22. The summed E-state index contributed by atoms with van der Waals surface area (Å²) in [4.78, 5) is 0. The van der Waals surface area contributed by atoms with Crippen molar-refractivity contribution >= 4 is 15.5 Å². The normalized spacial score (nSPS) is 13.6. The Morgan fingerprint density at radius 1 is 1.25 bits per heavy atom. The van der Waals surface area contributed by atoms with E-state index in [0.29, 0.717) is 11.3 Å². The Hall–Kier alpha value is -1.11. The molecule has 1 unspecified atom stereocenters. The van der Waals surface area contributed by atoms with Gasteiger partial charge in [0, 0.05) is 5.69 Å². The van der Waals surface area contributed by atoms with Crippen LogP contribution in [0.2, 0.25) is 0 Å². The lowest BCUT2D eigenvalue weighted by molar-refractivity contribution is 0.112. The molecule has 0 saturated carbocycles. The van der Waals surface area contributed by atoms with Crippen molar-refractivity contribution in [2.45, 2.75) is 11.9 Å². The minimum atomic E-state index is -3.41. The number of anilines is 1. The van der Waals surface area contributed by atoms with Gasteiger partial charge in [0.25, 0.3) is 0 Å². The highest BCUT2D eigenvalue weighted by Crippen LogP contribution is 2.10. The third kappa shape index (κ3) is 4.18. The number of aliphatic hydroxyl groups excluding tert-OH is 2. The van der Waals surface area contributed by atoms with Crippen LogP contribution in [0.15, 0.2) is 24.3 Å². The molecule has 4 N–H and O–H groups in total. The monoisotopic (exact) mass is 245 g/mol. The minimum Gasteiger partial charge on any atom is -0.399 e. The van der Waals surface area contributed by atoms with Gasteiger partial charge < -0.3 is 15.9 Å². The molecule has 1 aromatic carbocycles. The van der Waals surface area contributed by atoms with Gasteiger partial charge in [0.15, 0.2) is 9.84 Å². The third-order valence-electron chi connectivity index (χ3n) is 2.02. The number of benzene rings is 1. The van der Waals surface area contributed by atoms with Crippen molar-refractivity contribution in [1.82, 2.24) is 0 Å². The Balaban J connectivity index is 2.69. The summed E-state index contributed by atoms with van der Waals surface area (Å²) < 4.78 is 23.1. The van der Waals surface area contributed by atoms with E-state index in [9.17, 15) is 8.42 Å². The molecule has 0 aromatic heterocycles. The van der Waals surface area contributed by atoms with Crippen molar-refractivity contribution in [3.8, 4) is 0 Å². The third-order valence-corrected chi connectivity index (χ3v) is 3.69. The van der Waals surface area contributed by atoms with Gasteiger partial charge in [-0.25, -0.2) is 8.42 Å². The van der Waals surface area contributed by atoms with E-state index in [1.165, 1.54) is 0 Å². The van der Waals surface area contributed by atoms with Crippen LogP contribution in [0.5, 0.6) is 0 Å². The van der Waals surface area contributed by atoms with Crippen molar-refractivity contribution in [1.29, 1.82) is 0 Å². The molecule has 1 aromatic rings. The fourth-order valence-electron chi connectivity index (χ4n) is 1.27. The first-order valence-electron chi connectivity index (χ1n) is 4.77. The van der Waals surface area contributed by atoms with Crippen LogP contribution in [-0.4, -0.2) is 37.1 Å². The molecule has 16 heavy (non-hydrogen) atoms. The number of aliphatic hydroxyl groups is 2. The average Bonchev–Trinajstić information content (AvgIpc) is 2.20. The van der Waals surface area contributed by atoms with E-state index in [1.54, 1.807) is 24.3 Å². The van der Waals surface area contributed by atoms with Crippen LogP contribution >= 0.6 is 0 Å². The lowest BCUT2D eigenvalue weighted by atomic mass is 10.2. The molecule has 0 fully saturated rings. The predicted molar refractivity (Wildman–Crippen MR) is 61.4 cm³/mol. The minimum absolute atomic E-state index is 0.162. The van der Waals surface area contributed by atoms with E-state index >= 15 is 0 Å². The second kappa shape index (κ2) is 5.29. The highest BCUT2D eigenvalue weighted by atomic mass is 32.2. The first-order chi connectivity index (χ1) is 7.43. The average molecular weight is 245 g/mol. The zero-order valence-corrected chi connectivity index (χ0v) is 9.52. The van der Waals surface area contributed by atoms with Gasteiger partial charge in [0.1, 0.15) is 0 Å². The first kappa shape index (κ1) is 13.0.